The van der Waals surface area contributed by atoms with Crippen molar-refractivity contribution >= 4 is 23.5 Å². The van der Waals surface area contributed by atoms with E-state index in [1.807, 2.05) is 47.8 Å². The molecular formula is C16H16O2S2. The third kappa shape index (κ3) is 2.68. The number of aliphatic hydroxyl groups is 1. The molecule has 0 bridgehead atoms. The lowest BCUT2D eigenvalue weighted by Gasteiger charge is -2.20. The first-order valence-corrected chi connectivity index (χ1v) is 8.25. The number of rotatable bonds is 4. The largest absolute Gasteiger partial charge is 0.497 e. The summed E-state index contributed by atoms with van der Waals surface area (Å²) in [5.41, 5.74) is 1.16. The van der Waals surface area contributed by atoms with E-state index in [0.717, 1.165) is 11.3 Å². The molecule has 2 nitrogen and oxygen atoms in total. The third-order valence-electron chi connectivity index (χ3n) is 3.40. The number of aliphatic hydroxyl groups excluding tert-OH is 1. The second-order valence-corrected chi connectivity index (χ2v) is 7.28. The highest BCUT2D eigenvalue weighted by atomic mass is 32.2. The fourth-order valence-electron chi connectivity index (χ4n) is 2.28. The smallest absolute Gasteiger partial charge is 0.118 e. The van der Waals surface area contributed by atoms with Gasteiger partial charge in [-0.3, -0.25) is 0 Å². The van der Waals surface area contributed by atoms with E-state index in [9.17, 15) is 5.11 Å². The Morgan fingerprint density at radius 1 is 1.05 bits per heavy atom. The molecule has 0 spiro atoms. The highest BCUT2D eigenvalue weighted by Gasteiger charge is 2.30. The van der Waals surface area contributed by atoms with Crippen LogP contribution < -0.4 is 4.74 Å². The molecule has 104 valence electrons. The van der Waals surface area contributed by atoms with Crippen LogP contribution in [0.4, 0.5) is 0 Å². The minimum atomic E-state index is 0.128. The number of fused-ring (bicyclic) bond motifs is 1. The van der Waals surface area contributed by atoms with Gasteiger partial charge in [0.25, 0.3) is 0 Å². The van der Waals surface area contributed by atoms with Crippen LogP contribution in [0.1, 0.15) is 11.5 Å². The molecule has 0 aromatic heterocycles. The van der Waals surface area contributed by atoms with Crippen molar-refractivity contribution in [3.05, 3.63) is 54.1 Å². The van der Waals surface area contributed by atoms with Gasteiger partial charge in [-0.1, -0.05) is 24.3 Å². The van der Waals surface area contributed by atoms with Crippen molar-refractivity contribution in [2.45, 2.75) is 20.3 Å². The van der Waals surface area contributed by atoms with Crippen molar-refractivity contribution in [1.82, 2.24) is 0 Å². The summed E-state index contributed by atoms with van der Waals surface area (Å²) in [6.45, 7) is 0.158. The lowest BCUT2D eigenvalue weighted by atomic mass is 10.0. The molecule has 0 radical (unpaired) electrons. The van der Waals surface area contributed by atoms with Crippen molar-refractivity contribution in [1.29, 1.82) is 0 Å². The molecule has 1 atom stereocenters. The Morgan fingerprint density at radius 2 is 1.65 bits per heavy atom. The molecule has 4 heteroatoms. The average Bonchev–Trinajstić information content (AvgIpc) is 2.92. The molecule has 20 heavy (non-hydrogen) atoms. The minimum absolute atomic E-state index is 0.128. The van der Waals surface area contributed by atoms with E-state index in [1.54, 1.807) is 7.11 Å². The minimum Gasteiger partial charge on any atom is -0.497 e. The molecular weight excluding hydrogens is 288 g/mol. The van der Waals surface area contributed by atoms with E-state index in [-0.39, 0.29) is 12.5 Å². The number of hydrogen-bond acceptors (Lipinski definition) is 4. The first-order valence-electron chi connectivity index (χ1n) is 6.49. The van der Waals surface area contributed by atoms with Gasteiger partial charge < -0.3 is 9.84 Å². The van der Waals surface area contributed by atoms with Gasteiger partial charge in [-0.15, -0.1) is 23.5 Å². The molecule has 0 aliphatic carbocycles. The summed E-state index contributed by atoms with van der Waals surface area (Å²) >= 11 is 3.69. The predicted octanol–water partition coefficient (Wildman–Crippen LogP) is 4.00. The van der Waals surface area contributed by atoms with Crippen LogP contribution in [-0.2, 0) is 0 Å². The van der Waals surface area contributed by atoms with Gasteiger partial charge in [-0.2, -0.15) is 0 Å². The number of ether oxygens (including phenoxy) is 1. The highest BCUT2D eigenvalue weighted by Crippen LogP contribution is 2.52. The van der Waals surface area contributed by atoms with Crippen LogP contribution >= 0.6 is 23.5 Å². The van der Waals surface area contributed by atoms with Crippen molar-refractivity contribution in [3.63, 3.8) is 0 Å². The monoisotopic (exact) mass is 304 g/mol. The lowest BCUT2D eigenvalue weighted by molar-refractivity contribution is 0.272. The molecule has 0 saturated heterocycles. The molecule has 1 unspecified atom stereocenters. The van der Waals surface area contributed by atoms with E-state index in [2.05, 4.69) is 24.3 Å². The van der Waals surface area contributed by atoms with Gasteiger partial charge in [0.2, 0.25) is 0 Å². The van der Waals surface area contributed by atoms with Gasteiger partial charge >= 0.3 is 0 Å². The molecule has 2 aromatic carbocycles. The zero-order valence-corrected chi connectivity index (χ0v) is 12.8. The molecule has 1 aliphatic rings. The average molecular weight is 304 g/mol. The zero-order valence-electron chi connectivity index (χ0n) is 11.2. The van der Waals surface area contributed by atoms with E-state index < -0.39 is 0 Å². The molecule has 1 heterocycles. The maximum Gasteiger partial charge on any atom is 0.118 e. The summed E-state index contributed by atoms with van der Waals surface area (Å²) in [5.74, 6) is 0.976. The Balaban J connectivity index is 1.81. The highest BCUT2D eigenvalue weighted by molar-refractivity contribution is 8.19. The Morgan fingerprint density at radius 3 is 2.15 bits per heavy atom. The van der Waals surface area contributed by atoms with Crippen molar-refractivity contribution in [2.75, 3.05) is 13.7 Å². The quantitative estimate of drug-likeness (QED) is 0.924. The van der Waals surface area contributed by atoms with E-state index in [4.69, 9.17) is 4.74 Å². The van der Waals surface area contributed by atoms with E-state index in [1.165, 1.54) is 9.79 Å². The third-order valence-corrected chi connectivity index (χ3v) is 6.45. The second kappa shape index (κ2) is 6.12. The number of methoxy groups -OCH3 is 1. The summed E-state index contributed by atoms with van der Waals surface area (Å²) in [7, 11) is 1.66. The predicted molar refractivity (Wildman–Crippen MR) is 84.8 cm³/mol. The Hall–Kier alpha value is -1.10. The molecule has 1 aliphatic heterocycles. The Kier molecular flexibility index (Phi) is 4.24. The summed E-state index contributed by atoms with van der Waals surface area (Å²) in [6, 6.07) is 16.4. The molecule has 2 aromatic rings. The van der Waals surface area contributed by atoms with Crippen LogP contribution in [-0.4, -0.2) is 23.4 Å². The molecule has 0 amide bonds. The van der Waals surface area contributed by atoms with Crippen LogP contribution in [0.25, 0.3) is 0 Å². The van der Waals surface area contributed by atoms with Crippen LogP contribution in [0.5, 0.6) is 5.75 Å². The van der Waals surface area contributed by atoms with Gasteiger partial charge in [0, 0.05) is 15.7 Å². The van der Waals surface area contributed by atoms with Crippen molar-refractivity contribution in [3.8, 4) is 5.75 Å². The number of thioether (sulfide) groups is 2. The Labute approximate surface area is 127 Å². The SMILES string of the molecule is COc1ccc(C(CO)C2Sc3ccccc3S2)cc1. The van der Waals surface area contributed by atoms with Crippen LogP contribution in [0, 0.1) is 0 Å². The van der Waals surface area contributed by atoms with E-state index >= 15 is 0 Å². The first-order chi connectivity index (χ1) is 9.81. The topological polar surface area (TPSA) is 29.5 Å². The molecule has 1 N–H and O–H groups in total. The number of hydrogen-bond donors (Lipinski definition) is 1. The first kappa shape index (κ1) is 13.9. The second-order valence-electron chi connectivity index (χ2n) is 4.61. The summed E-state index contributed by atoms with van der Waals surface area (Å²) < 4.78 is 5.51. The van der Waals surface area contributed by atoms with Gasteiger partial charge in [0.15, 0.2) is 0 Å². The summed E-state index contributed by atoms with van der Waals surface area (Å²) in [5, 5.41) is 9.79. The Bertz CT molecular complexity index is 558. The summed E-state index contributed by atoms with van der Waals surface area (Å²) in [4.78, 5) is 2.63. The fraction of sp³-hybridized carbons (Fsp3) is 0.250. The molecule has 0 saturated carbocycles. The standard InChI is InChI=1S/C16H16O2S2/c1-18-12-8-6-11(7-9-12)13(10-17)16-19-14-4-2-3-5-15(14)20-16/h2-9,13,16-17H,10H2,1H3. The normalized spacial score (nSPS) is 15.9. The van der Waals surface area contributed by atoms with Gasteiger partial charge in [-0.05, 0) is 29.8 Å². The van der Waals surface area contributed by atoms with Crippen LogP contribution in [0.2, 0.25) is 0 Å². The van der Waals surface area contributed by atoms with Gasteiger partial charge in [-0.25, -0.2) is 0 Å². The summed E-state index contributed by atoms with van der Waals surface area (Å²) in [6.07, 6.45) is 0. The lowest BCUT2D eigenvalue weighted by Crippen LogP contribution is -2.14. The van der Waals surface area contributed by atoms with Gasteiger partial charge in [0.1, 0.15) is 5.75 Å². The van der Waals surface area contributed by atoms with Gasteiger partial charge in [0.05, 0.1) is 18.3 Å². The number of benzene rings is 2. The van der Waals surface area contributed by atoms with Crippen LogP contribution in [0.3, 0.4) is 0 Å². The maximum atomic E-state index is 9.79. The van der Waals surface area contributed by atoms with Crippen molar-refractivity contribution in [2.24, 2.45) is 0 Å². The molecule has 3 rings (SSSR count). The van der Waals surface area contributed by atoms with E-state index in [0.29, 0.717) is 4.58 Å². The van der Waals surface area contributed by atoms with Crippen LogP contribution in [0.15, 0.2) is 58.3 Å². The fourth-order valence-corrected chi connectivity index (χ4v) is 5.38. The molecule has 0 fully saturated rings. The zero-order chi connectivity index (χ0) is 13.9. The van der Waals surface area contributed by atoms with Crippen molar-refractivity contribution < 1.29 is 9.84 Å². The maximum absolute atomic E-state index is 9.79.